The zero-order chi connectivity index (χ0) is 25.3. The lowest BCUT2D eigenvalue weighted by atomic mass is 10.1. The van der Waals surface area contributed by atoms with Crippen LogP contribution in [0.15, 0.2) is 12.2 Å². The number of rotatable bonds is 25. The van der Waals surface area contributed by atoms with Crippen LogP contribution in [0.2, 0.25) is 0 Å². The summed E-state index contributed by atoms with van der Waals surface area (Å²) in [5.41, 5.74) is 0. The highest BCUT2D eigenvalue weighted by molar-refractivity contribution is 5.69. The first-order valence-electron chi connectivity index (χ1n) is 14.1. The number of unbranched alkanes of at least 4 members (excludes halogenated alkanes) is 11. The fourth-order valence-corrected chi connectivity index (χ4v) is 4.20. The molecule has 0 N–H and O–H groups in total. The second-order valence-electron chi connectivity index (χ2n) is 10.3. The predicted octanol–water partition coefficient (Wildman–Crippen LogP) is 6.71. The molecule has 0 heterocycles. The Morgan fingerprint density at radius 1 is 0.765 bits per heavy atom. The number of methoxy groups -OCH3 is 1. The average Bonchev–Trinajstić information content (AvgIpc) is 2.80. The highest BCUT2D eigenvalue weighted by Gasteiger charge is 2.14. The Morgan fingerprint density at radius 2 is 1.35 bits per heavy atom. The van der Waals surface area contributed by atoms with Gasteiger partial charge in [0.15, 0.2) is 0 Å². The van der Waals surface area contributed by atoms with Crippen LogP contribution in [0.3, 0.4) is 0 Å². The standard InChI is InChI=1S/C29H58N2O3/c1-6-7-8-9-10-11-12-13-14-15-16-17-18-19-20-22-29(32)34-27-28(26-33-5)25-31(4)24-21-23-30(2)3/h13-14,28H,6-12,15-27H2,1-5H3/b14-13-. The van der Waals surface area contributed by atoms with Gasteiger partial charge in [-0.15, -0.1) is 0 Å². The van der Waals surface area contributed by atoms with E-state index in [1.54, 1.807) is 7.11 Å². The lowest BCUT2D eigenvalue weighted by molar-refractivity contribution is -0.145. The smallest absolute Gasteiger partial charge is 0.305 e. The summed E-state index contributed by atoms with van der Waals surface area (Å²) in [6, 6.07) is 0. The van der Waals surface area contributed by atoms with Crippen LogP contribution >= 0.6 is 0 Å². The van der Waals surface area contributed by atoms with Crippen LogP contribution in [-0.4, -0.2) is 76.9 Å². The predicted molar refractivity (Wildman–Crippen MR) is 146 cm³/mol. The zero-order valence-electron chi connectivity index (χ0n) is 23.5. The van der Waals surface area contributed by atoms with Gasteiger partial charge in [0.1, 0.15) is 0 Å². The summed E-state index contributed by atoms with van der Waals surface area (Å²) in [7, 11) is 8.05. The molecule has 1 unspecified atom stereocenters. The molecule has 0 aliphatic heterocycles. The minimum absolute atomic E-state index is 0.0611. The van der Waals surface area contributed by atoms with Crippen LogP contribution in [0.25, 0.3) is 0 Å². The van der Waals surface area contributed by atoms with Gasteiger partial charge >= 0.3 is 5.97 Å². The van der Waals surface area contributed by atoms with Gasteiger partial charge < -0.3 is 19.3 Å². The fraction of sp³-hybridized carbons (Fsp3) is 0.897. The van der Waals surface area contributed by atoms with E-state index in [1.807, 2.05) is 0 Å². The number of carbonyl (C=O) groups is 1. The topological polar surface area (TPSA) is 42.0 Å². The number of hydrogen-bond donors (Lipinski definition) is 0. The van der Waals surface area contributed by atoms with Gasteiger partial charge in [-0.1, -0.05) is 70.4 Å². The van der Waals surface area contributed by atoms with Crippen LogP contribution in [0.4, 0.5) is 0 Å². The van der Waals surface area contributed by atoms with Crippen molar-refractivity contribution < 1.29 is 14.3 Å². The number of hydrogen-bond acceptors (Lipinski definition) is 5. The van der Waals surface area contributed by atoms with E-state index >= 15 is 0 Å². The molecule has 0 saturated heterocycles. The van der Waals surface area contributed by atoms with E-state index in [2.05, 4.69) is 50.0 Å². The second-order valence-corrected chi connectivity index (χ2v) is 10.3. The summed E-state index contributed by atoms with van der Waals surface area (Å²) >= 11 is 0. The van der Waals surface area contributed by atoms with Crippen molar-refractivity contribution >= 4 is 5.97 Å². The molecular weight excluding hydrogens is 424 g/mol. The molecule has 0 rings (SSSR count). The maximum Gasteiger partial charge on any atom is 0.305 e. The van der Waals surface area contributed by atoms with Crippen molar-refractivity contribution in [3.63, 3.8) is 0 Å². The van der Waals surface area contributed by atoms with E-state index in [9.17, 15) is 4.79 Å². The van der Waals surface area contributed by atoms with Crippen molar-refractivity contribution in [2.75, 3.05) is 61.1 Å². The van der Waals surface area contributed by atoms with E-state index in [1.165, 1.54) is 70.6 Å². The van der Waals surface area contributed by atoms with Crippen molar-refractivity contribution in [3.8, 4) is 0 Å². The molecule has 0 fully saturated rings. The fourth-order valence-electron chi connectivity index (χ4n) is 4.20. The monoisotopic (exact) mass is 482 g/mol. The van der Waals surface area contributed by atoms with Gasteiger partial charge in [0.05, 0.1) is 13.2 Å². The molecule has 0 spiro atoms. The van der Waals surface area contributed by atoms with E-state index in [-0.39, 0.29) is 11.9 Å². The summed E-state index contributed by atoms with van der Waals surface area (Å²) in [5.74, 6) is 0.168. The van der Waals surface area contributed by atoms with Gasteiger partial charge in [-0.05, 0) is 72.8 Å². The minimum atomic E-state index is -0.0611. The molecule has 0 aromatic carbocycles. The van der Waals surface area contributed by atoms with Crippen molar-refractivity contribution in [2.24, 2.45) is 5.92 Å². The molecule has 0 bridgehead atoms. The van der Waals surface area contributed by atoms with Crippen molar-refractivity contribution in [1.29, 1.82) is 0 Å². The van der Waals surface area contributed by atoms with E-state index < -0.39 is 0 Å². The minimum Gasteiger partial charge on any atom is -0.465 e. The normalized spacial score (nSPS) is 12.8. The molecule has 0 aromatic heterocycles. The molecule has 34 heavy (non-hydrogen) atoms. The largest absolute Gasteiger partial charge is 0.465 e. The lowest BCUT2D eigenvalue weighted by Crippen LogP contribution is -2.33. The third-order valence-corrected chi connectivity index (χ3v) is 6.24. The maximum absolute atomic E-state index is 12.1. The maximum atomic E-state index is 12.1. The molecule has 5 heteroatoms. The van der Waals surface area contributed by atoms with Gasteiger partial charge in [-0.2, -0.15) is 0 Å². The Labute approximate surface area is 212 Å². The molecule has 0 aliphatic carbocycles. The van der Waals surface area contributed by atoms with Gasteiger partial charge in [0, 0.05) is 26.0 Å². The summed E-state index contributed by atoms with van der Waals surface area (Å²) in [5, 5.41) is 0. The first kappa shape index (κ1) is 33.1. The molecule has 0 radical (unpaired) electrons. The molecule has 202 valence electrons. The summed E-state index contributed by atoms with van der Waals surface area (Å²) in [6.45, 7) is 6.37. The summed E-state index contributed by atoms with van der Waals surface area (Å²) in [6.07, 6.45) is 22.9. The molecule has 0 amide bonds. The Balaban J connectivity index is 3.65. The van der Waals surface area contributed by atoms with E-state index in [4.69, 9.17) is 9.47 Å². The van der Waals surface area contributed by atoms with Gasteiger partial charge in [-0.3, -0.25) is 4.79 Å². The van der Waals surface area contributed by atoms with E-state index in [0.29, 0.717) is 19.6 Å². The molecular formula is C29H58N2O3. The molecule has 1 atom stereocenters. The quantitative estimate of drug-likeness (QED) is 0.0821. The van der Waals surface area contributed by atoms with Crippen LogP contribution in [0, 0.1) is 5.92 Å². The third-order valence-electron chi connectivity index (χ3n) is 6.24. The van der Waals surface area contributed by atoms with Gasteiger partial charge in [0.2, 0.25) is 0 Å². The van der Waals surface area contributed by atoms with Crippen LogP contribution in [0.5, 0.6) is 0 Å². The number of carbonyl (C=O) groups excluding carboxylic acids is 1. The van der Waals surface area contributed by atoms with Crippen molar-refractivity contribution in [1.82, 2.24) is 9.80 Å². The Morgan fingerprint density at radius 3 is 1.94 bits per heavy atom. The highest BCUT2D eigenvalue weighted by Crippen LogP contribution is 2.11. The van der Waals surface area contributed by atoms with Crippen molar-refractivity contribution in [2.45, 2.75) is 103 Å². The first-order valence-corrected chi connectivity index (χ1v) is 14.1. The Hall–Kier alpha value is -0.910. The summed E-state index contributed by atoms with van der Waals surface area (Å²) < 4.78 is 10.9. The van der Waals surface area contributed by atoms with E-state index in [0.717, 1.165) is 38.9 Å². The first-order chi connectivity index (χ1) is 16.5. The molecule has 0 aromatic rings. The summed E-state index contributed by atoms with van der Waals surface area (Å²) in [4.78, 5) is 16.6. The average molecular weight is 483 g/mol. The number of allylic oxidation sites excluding steroid dienone is 2. The Kier molecular flexibility index (Phi) is 24.5. The molecule has 0 aliphatic rings. The number of nitrogens with zero attached hydrogens (tertiary/aromatic N) is 2. The second kappa shape index (κ2) is 25.2. The SMILES string of the molecule is CCCCCCCC/C=C\CCCCCCCC(=O)OCC(COC)CN(C)CCCN(C)C. The highest BCUT2D eigenvalue weighted by atomic mass is 16.5. The number of esters is 1. The molecule has 5 nitrogen and oxygen atoms in total. The third kappa shape index (κ3) is 24.2. The van der Waals surface area contributed by atoms with Crippen LogP contribution < -0.4 is 0 Å². The zero-order valence-corrected chi connectivity index (χ0v) is 23.5. The lowest BCUT2D eigenvalue weighted by Gasteiger charge is -2.24. The van der Waals surface area contributed by atoms with Gasteiger partial charge in [-0.25, -0.2) is 0 Å². The van der Waals surface area contributed by atoms with Crippen LogP contribution in [-0.2, 0) is 14.3 Å². The van der Waals surface area contributed by atoms with Crippen molar-refractivity contribution in [3.05, 3.63) is 12.2 Å². The van der Waals surface area contributed by atoms with Crippen LogP contribution in [0.1, 0.15) is 103 Å². The van der Waals surface area contributed by atoms with Gasteiger partial charge in [0.25, 0.3) is 0 Å². The molecule has 0 saturated carbocycles. The Bertz CT molecular complexity index is 468. The number of ether oxygens (including phenoxy) is 2.